The van der Waals surface area contributed by atoms with E-state index in [2.05, 4.69) is 20.7 Å². The minimum Gasteiger partial charge on any atom is -0.368 e. The lowest BCUT2D eigenvalue weighted by Gasteiger charge is -2.37. The molecule has 4 rings (SSSR count). The van der Waals surface area contributed by atoms with E-state index < -0.39 is 0 Å². The predicted octanol–water partition coefficient (Wildman–Crippen LogP) is 1.33. The molecule has 2 N–H and O–H groups in total. The number of carbonyl (C=O) groups is 1. The number of pyridine rings is 1. The van der Waals surface area contributed by atoms with Crippen molar-refractivity contribution in [2.24, 2.45) is 5.92 Å². The quantitative estimate of drug-likeness (QED) is 0.870. The Morgan fingerprint density at radius 3 is 2.62 bits per heavy atom. The predicted molar refractivity (Wildman–Crippen MR) is 96.8 cm³/mol. The van der Waals surface area contributed by atoms with E-state index >= 15 is 0 Å². The van der Waals surface area contributed by atoms with Gasteiger partial charge in [0.25, 0.3) is 0 Å². The zero-order valence-electron chi connectivity index (χ0n) is 14.4. The Balaban J connectivity index is 1.41. The molecule has 0 saturated carbocycles. The Bertz CT molecular complexity index is 764. The molecule has 3 heterocycles. The van der Waals surface area contributed by atoms with Crippen LogP contribution in [0.15, 0.2) is 48.8 Å². The molecule has 0 bridgehead atoms. The molecule has 0 radical (unpaired) electrons. The Labute approximate surface area is 152 Å². The molecule has 2 saturated heterocycles. The highest BCUT2D eigenvalue weighted by Gasteiger charge is 2.37. The van der Waals surface area contributed by atoms with E-state index in [0.29, 0.717) is 19.6 Å². The fourth-order valence-corrected chi connectivity index (χ4v) is 3.72. The maximum atomic E-state index is 13.6. The molecule has 2 atom stereocenters. The first kappa shape index (κ1) is 16.9. The number of piperazine rings is 1. The third-order valence-corrected chi connectivity index (χ3v) is 5.13. The van der Waals surface area contributed by atoms with E-state index in [4.69, 9.17) is 0 Å². The molecule has 2 aliphatic heterocycles. The minimum atomic E-state index is -0.284. The highest BCUT2D eigenvalue weighted by Crippen LogP contribution is 2.27. The van der Waals surface area contributed by atoms with Crippen molar-refractivity contribution in [3.8, 4) is 0 Å². The molecule has 0 spiro atoms. The number of hydrogen-bond acceptors (Lipinski definition) is 5. The number of aromatic nitrogens is 1. The zero-order valence-corrected chi connectivity index (χ0v) is 14.4. The van der Waals surface area contributed by atoms with Crippen LogP contribution in [-0.2, 0) is 4.79 Å². The van der Waals surface area contributed by atoms with Crippen molar-refractivity contribution in [3.63, 3.8) is 0 Å². The van der Waals surface area contributed by atoms with Crippen molar-refractivity contribution in [2.45, 2.75) is 6.04 Å². The largest absolute Gasteiger partial charge is 0.368 e. The standard InChI is InChI=1S/C19H22FN5O/c20-15-3-1-2-14(12-15)18-17(13-22-23-18)19(26)25-10-8-24(9-11-25)16-4-6-21-7-5-16/h1-7,12,17-18,22-23H,8-11,13H2. The molecule has 0 aliphatic carbocycles. The molecular formula is C19H22FN5O. The van der Waals surface area contributed by atoms with Gasteiger partial charge in [0, 0.05) is 50.8 Å². The number of benzene rings is 1. The van der Waals surface area contributed by atoms with Crippen LogP contribution in [0.3, 0.4) is 0 Å². The van der Waals surface area contributed by atoms with Crippen LogP contribution in [0.25, 0.3) is 0 Å². The Kier molecular flexibility index (Phi) is 4.81. The van der Waals surface area contributed by atoms with E-state index in [0.717, 1.165) is 24.3 Å². The second-order valence-electron chi connectivity index (χ2n) is 6.68. The lowest BCUT2D eigenvalue weighted by Crippen LogP contribution is -2.51. The average molecular weight is 355 g/mol. The summed E-state index contributed by atoms with van der Waals surface area (Å²) in [5.41, 5.74) is 8.11. The molecule has 2 unspecified atom stereocenters. The van der Waals surface area contributed by atoms with Gasteiger partial charge in [0.05, 0.1) is 12.0 Å². The third-order valence-electron chi connectivity index (χ3n) is 5.13. The Hall–Kier alpha value is -2.51. The number of carbonyl (C=O) groups excluding carboxylic acids is 1. The summed E-state index contributed by atoms with van der Waals surface area (Å²) in [5, 5.41) is 0. The summed E-state index contributed by atoms with van der Waals surface area (Å²) < 4.78 is 13.6. The molecule has 1 aromatic carbocycles. The number of hydrogen-bond donors (Lipinski definition) is 2. The molecule has 136 valence electrons. The van der Waals surface area contributed by atoms with Crippen molar-refractivity contribution < 1.29 is 9.18 Å². The van der Waals surface area contributed by atoms with E-state index in [1.807, 2.05) is 23.1 Å². The number of halogens is 1. The van der Waals surface area contributed by atoms with Gasteiger partial charge in [0.2, 0.25) is 5.91 Å². The van der Waals surface area contributed by atoms with Crippen LogP contribution in [-0.4, -0.2) is 48.5 Å². The van der Waals surface area contributed by atoms with Gasteiger partial charge >= 0.3 is 0 Å². The van der Waals surface area contributed by atoms with Crippen LogP contribution in [0.1, 0.15) is 11.6 Å². The number of hydrazine groups is 1. The third kappa shape index (κ3) is 3.40. The summed E-state index contributed by atoms with van der Waals surface area (Å²) >= 11 is 0. The first-order valence-corrected chi connectivity index (χ1v) is 8.90. The van der Waals surface area contributed by atoms with Crippen LogP contribution in [0.5, 0.6) is 0 Å². The van der Waals surface area contributed by atoms with Crippen LogP contribution in [0, 0.1) is 11.7 Å². The van der Waals surface area contributed by atoms with Crippen LogP contribution in [0.2, 0.25) is 0 Å². The van der Waals surface area contributed by atoms with Crippen LogP contribution in [0.4, 0.5) is 10.1 Å². The molecule has 6 nitrogen and oxygen atoms in total. The van der Waals surface area contributed by atoms with Gasteiger partial charge < -0.3 is 9.80 Å². The topological polar surface area (TPSA) is 60.5 Å². The summed E-state index contributed by atoms with van der Waals surface area (Å²) in [6.07, 6.45) is 3.57. The number of rotatable bonds is 3. The van der Waals surface area contributed by atoms with Gasteiger partial charge in [0.15, 0.2) is 0 Å². The van der Waals surface area contributed by atoms with Gasteiger partial charge in [0.1, 0.15) is 5.82 Å². The van der Waals surface area contributed by atoms with Gasteiger partial charge in [-0.2, -0.15) is 0 Å². The number of amides is 1. The van der Waals surface area contributed by atoms with Crippen molar-refractivity contribution in [3.05, 3.63) is 60.2 Å². The molecular weight excluding hydrogens is 333 g/mol. The molecule has 2 fully saturated rings. The summed E-state index contributed by atoms with van der Waals surface area (Å²) in [4.78, 5) is 21.3. The molecule has 2 aliphatic rings. The maximum Gasteiger partial charge on any atom is 0.229 e. The monoisotopic (exact) mass is 355 g/mol. The highest BCUT2D eigenvalue weighted by atomic mass is 19.1. The minimum absolute atomic E-state index is 0.117. The van der Waals surface area contributed by atoms with Gasteiger partial charge in [-0.25, -0.2) is 9.82 Å². The Morgan fingerprint density at radius 1 is 1.12 bits per heavy atom. The number of anilines is 1. The van der Waals surface area contributed by atoms with E-state index in [1.54, 1.807) is 18.5 Å². The number of nitrogens with zero attached hydrogens (tertiary/aromatic N) is 3. The Morgan fingerprint density at radius 2 is 1.88 bits per heavy atom. The molecule has 26 heavy (non-hydrogen) atoms. The van der Waals surface area contributed by atoms with E-state index in [-0.39, 0.29) is 23.7 Å². The first-order valence-electron chi connectivity index (χ1n) is 8.90. The summed E-state index contributed by atoms with van der Waals surface area (Å²) in [7, 11) is 0. The van der Waals surface area contributed by atoms with Crippen molar-refractivity contribution in [2.75, 3.05) is 37.6 Å². The molecule has 2 aromatic rings. The van der Waals surface area contributed by atoms with Gasteiger partial charge in [-0.3, -0.25) is 15.2 Å². The highest BCUT2D eigenvalue weighted by molar-refractivity contribution is 5.80. The molecule has 7 heteroatoms. The van der Waals surface area contributed by atoms with Crippen molar-refractivity contribution in [1.82, 2.24) is 20.7 Å². The summed E-state index contributed by atoms with van der Waals surface area (Å²) in [6, 6.07) is 10.2. The fraction of sp³-hybridized carbons (Fsp3) is 0.368. The zero-order chi connectivity index (χ0) is 17.9. The normalized spacial score (nSPS) is 23.3. The van der Waals surface area contributed by atoms with E-state index in [9.17, 15) is 9.18 Å². The van der Waals surface area contributed by atoms with Crippen LogP contribution >= 0.6 is 0 Å². The first-order chi connectivity index (χ1) is 12.7. The smallest absolute Gasteiger partial charge is 0.229 e. The van der Waals surface area contributed by atoms with E-state index in [1.165, 1.54) is 12.1 Å². The summed E-state index contributed by atoms with van der Waals surface area (Å²) in [6.45, 7) is 3.52. The lowest BCUT2D eigenvalue weighted by molar-refractivity contribution is -0.135. The summed E-state index contributed by atoms with van der Waals surface area (Å²) in [5.74, 6) is -0.399. The molecule has 1 aromatic heterocycles. The second-order valence-corrected chi connectivity index (χ2v) is 6.68. The average Bonchev–Trinajstić information content (AvgIpc) is 3.18. The lowest BCUT2D eigenvalue weighted by atomic mass is 9.93. The maximum absolute atomic E-state index is 13.6. The van der Waals surface area contributed by atoms with Gasteiger partial charge in [-0.05, 0) is 29.8 Å². The second kappa shape index (κ2) is 7.39. The van der Waals surface area contributed by atoms with Crippen molar-refractivity contribution >= 4 is 11.6 Å². The van der Waals surface area contributed by atoms with Crippen molar-refractivity contribution in [1.29, 1.82) is 0 Å². The van der Waals surface area contributed by atoms with Gasteiger partial charge in [-0.1, -0.05) is 12.1 Å². The SMILES string of the molecule is O=C(C1CNNC1c1cccc(F)c1)N1CCN(c2ccncc2)CC1. The van der Waals surface area contributed by atoms with Gasteiger partial charge in [-0.15, -0.1) is 0 Å². The molecule has 1 amide bonds. The number of nitrogens with one attached hydrogen (secondary N) is 2. The van der Waals surface area contributed by atoms with Crippen LogP contribution < -0.4 is 15.8 Å². The fourth-order valence-electron chi connectivity index (χ4n) is 3.72.